The van der Waals surface area contributed by atoms with Crippen LogP contribution in [0.1, 0.15) is 25.3 Å². The average Bonchev–Trinajstić information content (AvgIpc) is 2.47. The lowest BCUT2D eigenvalue weighted by molar-refractivity contribution is 0.0830. The van der Waals surface area contributed by atoms with Gasteiger partial charge in [0, 0.05) is 32.2 Å². The minimum absolute atomic E-state index is 0.0697. The zero-order valence-electron chi connectivity index (χ0n) is 13.5. The van der Waals surface area contributed by atoms with Gasteiger partial charge in [0.25, 0.3) is 0 Å². The van der Waals surface area contributed by atoms with Crippen LogP contribution in [0, 0.1) is 0 Å². The number of urea groups is 1. The van der Waals surface area contributed by atoms with E-state index in [0.29, 0.717) is 6.54 Å². The fourth-order valence-corrected chi connectivity index (χ4v) is 2.91. The van der Waals surface area contributed by atoms with E-state index in [0.717, 1.165) is 32.5 Å². The van der Waals surface area contributed by atoms with Gasteiger partial charge in [-0.15, -0.1) is 0 Å². The van der Waals surface area contributed by atoms with Gasteiger partial charge in [-0.25, -0.2) is 4.79 Å². The molecule has 2 unspecified atom stereocenters. The summed E-state index contributed by atoms with van der Waals surface area (Å²) in [5, 5.41) is 12.7. The van der Waals surface area contributed by atoms with Crippen molar-refractivity contribution < 1.29 is 9.90 Å². The lowest BCUT2D eigenvalue weighted by atomic mass is 10.1. The number of aliphatic hydroxyl groups is 1. The maximum absolute atomic E-state index is 12.2. The molecule has 122 valence electrons. The van der Waals surface area contributed by atoms with Gasteiger partial charge < -0.3 is 20.2 Å². The first-order valence-electron chi connectivity index (χ1n) is 8.00. The average molecular weight is 305 g/mol. The lowest BCUT2D eigenvalue weighted by Crippen LogP contribution is -2.51. The standard InChI is InChI=1S/C17H27N3O2/c1-14(11-19(2)12-15-7-4-3-5-8-15)18-17(22)20-10-6-9-16(21)13-20/h3-5,7-8,14,16,21H,6,9-13H2,1-2H3,(H,18,22). The van der Waals surface area contributed by atoms with E-state index in [2.05, 4.69) is 29.4 Å². The number of hydrogen-bond donors (Lipinski definition) is 2. The second-order valence-corrected chi connectivity index (χ2v) is 6.27. The Morgan fingerprint density at radius 3 is 2.86 bits per heavy atom. The molecule has 2 amide bonds. The maximum Gasteiger partial charge on any atom is 0.317 e. The summed E-state index contributed by atoms with van der Waals surface area (Å²) >= 11 is 0. The van der Waals surface area contributed by atoms with Gasteiger partial charge in [-0.3, -0.25) is 0 Å². The highest BCUT2D eigenvalue weighted by atomic mass is 16.3. The van der Waals surface area contributed by atoms with Crippen molar-refractivity contribution in [2.45, 2.75) is 38.5 Å². The molecular weight excluding hydrogens is 278 g/mol. The molecule has 0 spiro atoms. The number of carbonyl (C=O) groups is 1. The Bertz CT molecular complexity index is 466. The summed E-state index contributed by atoms with van der Waals surface area (Å²) in [7, 11) is 2.06. The topological polar surface area (TPSA) is 55.8 Å². The molecule has 1 fully saturated rings. The van der Waals surface area contributed by atoms with Gasteiger partial charge in [0.2, 0.25) is 0 Å². The van der Waals surface area contributed by atoms with Crippen LogP contribution in [-0.4, -0.2) is 59.8 Å². The maximum atomic E-state index is 12.2. The molecule has 0 radical (unpaired) electrons. The summed E-state index contributed by atoms with van der Waals surface area (Å²) in [5.41, 5.74) is 1.27. The molecule has 5 nitrogen and oxygen atoms in total. The number of aliphatic hydroxyl groups excluding tert-OH is 1. The van der Waals surface area contributed by atoms with Crippen molar-refractivity contribution in [3.8, 4) is 0 Å². The molecule has 1 heterocycles. The molecule has 22 heavy (non-hydrogen) atoms. The molecular formula is C17H27N3O2. The van der Waals surface area contributed by atoms with Crippen molar-refractivity contribution in [3.05, 3.63) is 35.9 Å². The van der Waals surface area contributed by atoms with Crippen LogP contribution in [0.3, 0.4) is 0 Å². The summed E-state index contributed by atoms with van der Waals surface area (Å²) in [5.74, 6) is 0. The molecule has 1 aliphatic rings. The highest BCUT2D eigenvalue weighted by molar-refractivity contribution is 5.74. The van der Waals surface area contributed by atoms with Crippen molar-refractivity contribution >= 4 is 6.03 Å². The number of likely N-dealkylation sites (tertiary alicyclic amines) is 1. The number of rotatable bonds is 5. The van der Waals surface area contributed by atoms with E-state index in [1.54, 1.807) is 4.90 Å². The second-order valence-electron chi connectivity index (χ2n) is 6.27. The first kappa shape index (κ1) is 16.8. The van der Waals surface area contributed by atoms with Gasteiger partial charge in [-0.2, -0.15) is 0 Å². The quantitative estimate of drug-likeness (QED) is 0.870. The van der Waals surface area contributed by atoms with E-state index < -0.39 is 0 Å². The Morgan fingerprint density at radius 2 is 2.18 bits per heavy atom. The molecule has 1 saturated heterocycles. The third kappa shape index (κ3) is 5.31. The molecule has 0 saturated carbocycles. The highest BCUT2D eigenvalue weighted by Crippen LogP contribution is 2.10. The minimum Gasteiger partial charge on any atom is -0.391 e. The number of carbonyl (C=O) groups excluding carboxylic acids is 1. The van der Waals surface area contributed by atoms with Gasteiger partial charge in [0.15, 0.2) is 0 Å². The number of β-amino-alcohol motifs (C(OH)–C–C–N with tert-alkyl or cyclic N) is 1. The smallest absolute Gasteiger partial charge is 0.317 e. The van der Waals surface area contributed by atoms with E-state index >= 15 is 0 Å². The third-order valence-corrected chi connectivity index (χ3v) is 3.93. The molecule has 2 atom stereocenters. The molecule has 2 rings (SSSR count). The van der Waals surface area contributed by atoms with E-state index in [9.17, 15) is 9.90 Å². The molecule has 2 N–H and O–H groups in total. The van der Waals surface area contributed by atoms with Crippen LogP contribution < -0.4 is 5.32 Å². The number of nitrogens with zero attached hydrogens (tertiary/aromatic N) is 2. The lowest BCUT2D eigenvalue weighted by Gasteiger charge is -2.32. The van der Waals surface area contributed by atoms with Gasteiger partial charge in [-0.05, 0) is 32.4 Å². The Morgan fingerprint density at radius 1 is 1.45 bits per heavy atom. The van der Waals surface area contributed by atoms with Crippen LogP contribution in [0.25, 0.3) is 0 Å². The van der Waals surface area contributed by atoms with Crippen molar-refractivity contribution in [3.63, 3.8) is 0 Å². The van der Waals surface area contributed by atoms with Crippen LogP contribution in [0.5, 0.6) is 0 Å². The fourth-order valence-electron chi connectivity index (χ4n) is 2.91. The molecule has 0 aliphatic carbocycles. The highest BCUT2D eigenvalue weighted by Gasteiger charge is 2.23. The summed E-state index contributed by atoms with van der Waals surface area (Å²) in [6, 6.07) is 10.3. The van der Waals surface area contributed by atoms with Crippen molar-refractivity contribution in [2.75, 3.05) is 26.7 Å². The molecule has 1 aliphatic heterocycles. The first-order valence-corrected chi connectivity index (χ1v) is 8.00. The van der Waals surface area contributed by atoms with E-state index in [-0.39, 0.29) is 18.2 Å². The minimum atomic E-state index is -0.379. The summed E-state index contributed by atoms with van der Waals surface area (Å²) in [6.07, 6.45) is 1.28. The van der Waals surface area contributed by atoms with Gasteiger partial charge in [-0.1, -0.05) is 30.3 Å². The predicted octanol–water partition coefficient (Wildman–Crippen LogP) is 1.67. The van der Waals surface area contributed by atoms with Crippen molar-refractivity contribution in [1.82, 2.24) is 15.1 Å². The summed E-state index contributed by atoms with van der Waals surface area (Å²) < 4.78 is 0. The zero-order chi connectivity index (χ0) is 15.9. The molecule has 0 aromatic heterocycles. The van der Waals surface area contributed by atoms with Crippen LogP contribution in [-0.2, 0) is 6.54 Å². The Hall–Kier alpha value is -1.59. The number of benzene rings is 1. The van der Waals surface area contributed by atoms with E-state index in [1.165, 1.54) is 5.56 Å². The van der Waals surface area contributed by atoms with Crippen LogP contribution >= 0.6 is 0 Å². The van der Waals surface area contributed by atoms with Crippen LogP contribution in [0.15, 0.2) is 30.3 Å². The van der Waals surface area contributed by atoms with Gasteiger partial charge in [0.05, 0.1) is 6.10 Å². The first-order chi connectivity index (χ1) is 10.5. The van der Waals surface area contributed by atoms with Gasteiger partial charge >= 0.3 is 6.03 Å². The van der Waals surface area contributed by atoms with Gasteiger partial charge in [0.1, 0.15) is 0 Å². The number of amides is 2. The third-order valence-electron chi connectivity index (χ3n) is 3.93. The van der Waals surface area contributed by atoms with Crippen LogP contribution in [0.4, 0.5) is 4.79 Å². The SMILES string of the molecule is CC(CN(C)Cc1ccccc1)NC(=O)N1CCCC(O)C1. The van der Waals surface area contributed by atoms with Crippen LogP contribution in [0.2, 0.25) is 0 Å². The Kier molecular flexibility index (Phi) is 6.21. The van der Waals surface area contributed by atoms with E-state index in [1.807, 2.05) is 25.1 Å². The fraction of sp³-hybridized carbons (Fsp3) is 0.588. The summed E-state index contributed by atoms with van der Waals surface area (Å²) in [6.45, 7) is 4.84. The molecule has 1 aromatic rings. The van der Waals surface area contributed by atoms with E-state index in [4.69, 9.17) is 0 Å². The molecule has 5 heteroatoms. The number of likely N-dealkylation sites (N-methyl/N-ethyl adjacent to an activating group) is 1. The number of hydrogen-bond acceptors (Lipinski definition) is 3. The zero-order valence-corrected chi connectivity index (χ0v) is 13.5. The second kappa shape index (κ2) is 8.15. The number of piperidine rings is 1. The van der Waals surface area contributed by atoms with Crippen molar-refractivity contribution in [1.29, 1.82) is 0 Å². The summed E-state index contributed by atoms with van der Waals surface area (Å²) in [4.78, 5) is 16.1. The molecule has 0 bridgehead atoms. The monoisotopic (exact) mass is 305 g/mol. The Balaban J connectivity index is 1.74. The normalized spacial score (nSPS) is 20.0. The predicted molar refractivity (Wildman–Crippen MR) is 87.6 cm³/mol. The largest absolute Gasteiger partial charge is 0.391 e. The Labute approximate surface area is 132 Å². The molecule has 1 aromatic carbocycles. The van der Waals surface area contributed by atoms with Crippen molar-refractivity contribution in [2.24, 2.45) is 0 Å². The number of nitrogens with one attached hydrogen (secondary N) is 1.